The van der Waals surface area contributed by atoms with Crippen molar-refractivity contribution in [3.8, 4) is 5.88 Å². The lowest BCUT2D eigenvalue weighted by Crippen LogP contribution is -1.86. The SMILES string of the molecule is COc1[nH]ncc1C=O. The molecule has 0 aliphatic heterocycles. The van der Waals surface area contributed by atoms with Crippen LogP contribution >= 0.6 is 0 Å². The molecule has 9 heavy (non-hydrogen) atoms. The predicted molar refractivity (Wildman–Crippen MR) is 30.5 cm³/mol. The lowest BCUT2D eigenvalue weighted by Gasteiger charge is -1.90. The number of aldehydes is 1. The second kappa shape index (κ2) is 2.30. The Balaban J connectivity index is 2.98. The lowest BCUT2D eigenvalue weighted by atomic mass is 10.4. The number of nitrogens with zero attached hydrogens (tertiary/aromatic N) is 1. The molecule has 0 aliphatic carbocycles. The summed E-state index contributed by atoms with van der Waals surface area (Å²) in [5, 5.41) is 6.09. The van der Waals surface area contributed by atoms with Crippen LogP contribution in [-0.2, 0) is 0 Å². The Labute approximate surface area is 51.8 Å². The predicted octanol–water partition coefficient (Wildman–Crippen LogP) is 0.231. The molecule has 0 saturated carbocycles. The Morgan fingerprint density at radius 3 is 3.11 bits per heavy atom. The fourth-order valence-corrected chi connectivity index (χ4v) is 0.531. The number of hydrogen-bond donors (Lipinski definition) is 1. The monoisotopic (exact) mass is 126 g/mol. The van der Waals surface area contributed by atoms with E-state index < -0.39 is 0 Å². The van der Waals surface area contributed by atoms with Crippen molar-refractivity contribution in [2.24, 2.45) is 0 Å². The molecule has 0 amide bonds. The molecule has 0 aliphatic rings. The highest BCUT2D eigenvalue weighted by molar-refractivity contribution is 5.77. The van der Waals surface area contributed by atoms with Gasteiger partial charge in [-0.25, -0.2) is 5.10 Å². The molecule has 0 radical (unpaired) electrons. The first-order chi connectivity index (χ1) is 4.38. The minimum absolute atomic E-state index is 0.407. The molecule has 1 aromatic rings. The molecular formula is C5H6N2O2. The van der Waals surface area contributed by atoms with E-state index in [0.29, 0.717) is 17.7 Å². The van der Waals surface area contributed by atoms with E-state index in [1.807, 2.05) is 0 Å². The molecule has 0 aromatic carbocycles. The largest absolute Gasteiger partial charge is 0.481 e. The van der Waals surface area contributed by atoms with Crippen LogP contribution in [0.5, 0.6) is 5.88 Å². The molecule has 1 aromatic heterocycles. The van der Waals surface area contributed by atoms with Crippen molar-refractivity contribution in [2.45, 2.75) is 0 Å². The zero-order valence-electron chi connectivity index (χ0n) is 4.92. The van der Waals surface area contributed by atoms with Gasteiger partial charge in [0.25, 0.3) is 0 Å². The smallest absolute Gasteiger partial charge is 0.219 e. The van der Waals surface area contributed by atoms with Gasteiger partial charge in [0.1, 0.15) is 0 Å². The minimum Gasteiger partial charge on any atom is -0.481 e. The Morgan fingerprint density at radius 1 is 1.89 bits per heavy atom. The molecule has 1 rings (SSSR count). The van der Waals surface area contributed by atoms with E-state index in [-0.39, 0.29) is 0 Å². The van der Waals surface area contributed by atoms with Gasteiger partial charge in [-0.1, -0.05) is 0 Å². The fraction of sp³-hybridized carbons (Fsp3) is 0.200. The summed E-state index contributed by atoms with van der Waals surface area (Å²) in [4.78, 5) is 10.1. The number of H-pyrrole nitrogens is 1. The molecule has 0 bridgehead atoms. The summed E-state index contributed by atoms with van der Waals surface area (Å²) in [6, 6.07) is 0. The Hall–Kier alpha value is -1.32. The van der Waals surface area contributed by atoms with E-state index in [2.05, 4.69) is 10.2 Å². The van der Waals surface area contributed by atoms with Gasteiger partial charge in [0.15, 0.2) is 6.29 Å². The number of aromatic amines is 1. The van der Waals surface area contributed by atoms with E-state index in [1.54, 1.807) is 0 Å². The molecule has 48 valence electrons. The van der Waals surface area contributed by atoms with E-state index >= 15 is 0 Å². The third kappa shape index (κ3) is 0.910. The van der Waals surface area contributed by atoms with Crippen LogP contribution in [0.1, 0.15) is 10.4 Å². The highest BCUT2D eigenvalue weighted by Crippen LogP contribution is 2.08. The molecule has 0 saturated heterocycles. The van der Waals surface area contributed by atoms with Crippen LogP contribution < -0.4 is 4.74 Å². The number of ether oxygens (including phenoxy) is 1. The molecular weight excluding hydrogens is 120 g/mol. The van der Waals surface area contributed by atoms with Crippen LogP contribution in [0.25, 0.3) is 0 Å². The van der Waals surface area contributed by atoms with Crippen LogP contribution in [0.4, 0.5) is 0 Å². The van der Waals surface area contributed by atoms with Gasteiger partial charge in [-0.15, -0.1) is 0 Å². The first-order valence-electron chi connectivity index (χ1n) is 2.41. The topological polar surface area (TPSA) is 55.0 Å². The number of aromatic nitrogens is 2. The molecule has 0 fully saturated rings. The summed E-state index contributed by atoms with van der Waals surface area (Å²) in [5.41, 5.74) is 0.442. The minimum atomic E-state index is 0.407. The molecule has 1 N–H and O–H groups in total. The fourth-order valence-electron chi connectivity index (χ4n) is 0.531. The first-order valence-corrected chi connectivity index (χ1v) is 2.41. The maximum absolute atomic E-state index is 10.1. The van der Waals surface area contributed by atoms with Gasteiger partial charge in [0, 0.05) is 0 Å². The molecule has 4 nitrogen and oxygen atoms in total. The standard InChI is InChI=1S/C5H6N2O2/c1-9-5-4(3-8)2-6-7-5/h2-3H,1H3,(H,6,7). The van der Waals surface area contributed by atoms with Crippen molar-refractivity contribution in [2.75, 3.05) is 7.11 Å². The summed E-state index contributed by atoms with van der Waals surface area (Å²) >= 11 is 0. The third-order valence-electron chi connectivity index (χ3n) is 0.963. The highest BCUT2D eigenvalue weighted by Gasteiger charge is 2.00. The van der Waals surface area contributed by atoms with Gasteiger partial charge in [-0.2, -0.15) is 5.10 Å². The second-order valence-corrected chi connectivity index (χ2v) is 1.48. The number of hydrogen-bond acceptors (Lipinski definition) is 3. The van der Waals surface area contributed by atoms with Gasteiger partial charge in [0.2, 0.25) is 5.88 Å². The summed E-state index contributed by atoms with van der Waals surface area (Å²) in [6.07, 6.45) is 2.09. The zero-order chi connectivity index (χ0) is 6.69. The Kier molecular flexibility index (Phi) is 1.48. The van der Waals surface area contributed by atoms with E-state index in [4.69, 9.17) is 4.74 Å². The Morgan fingerprint density at radius 2 is 2.67 bits per heavy atom. The molecule has 1 heterocycles. The van der Waals surface area contributed by atoms with Crippen LogP contribution in [-0.4, -0.2) is 23.6 Å². The number of carbonyl (C=O) groups excluding carboxylic acids is 1. The van der Waals surface area contributed by atoms with Gasteiger partial charge in [-0.05, 0) is 0 Å². The Bertz CT molecular complexity index is 206. The summed E-state index contributed by atoms with van der Waals surface area (Å²) in [7, 11) is 1.47. The van der Waals surface area contributed by atoms with Crippen molar-refractivity contribution < 1.29 is 9.53 Å². The average Bonchev–Trinajstić information content (AvgIpc) is 2.33. The van der Waals surface area contributed by atoms with Crippen molar-refractivity contribution in [3.05, 3.63) is 11.8 Å². The van der Waals surface area contributed by atoms with Crippen molar-refractivity contribution in [1.29, 1.82) is 0 Å². The highest BCUT2D eigenvalue weighted by atomic mass is 16.5. The number of rotatable bonds is 2. The first kappa shape index (κ1) is 5.81. The maximum Gasteiger partial charge on any atom is 0.219 e. The number of methoxy groups -OCH3 is 1. The van der Waals surface area contributed by atoms with Gasteiger partial charge in [0.05, 0.1) is 18.9 Å². The third-order valence-corrected chi connectivity index (χ3v) is 0.963. The lowest BCUT2D eigenvalue weighted by molar-refractivity contribution is 0.112. The van der Waals surface area contributed by atoms with Crippen molar-refractivity contribution >= 4 is 6.29 Å². The van der Waals surface area contributed by atoms with Crippen LogP contribution in [0.15, 0.2) is 6.20 Å². The molecule has 4 heteroatoms. The summed E-state index contributed by atoms with van der Waals surface area (Å²) in [6.45, 7) is 0. The maximum atomic E-state index is 10.1. The van der Waals surface area contributed by atoms with Gasteiger partial charge in [-0.3, -0.25) is 4.79 Å². The molecule has 0 unspecified atom stereocenters. The van der Waals surface area contributed by atoms with Crippen LogP contribution in [0.2, 0.25) is 0 Å². The summed E-state index contributed by atoms with van der Waals surface area (Å²) in [5.74, 6) is 0.407. The second-order valence-electron chi connectivity index (χ2n) is 1.48. The van der Waals surface area contributed by atoms with Gasteiger partial charge >= 0.3 is 0 Å². The molecule has 0 spiro atoms. The summed E-state index contributed by atoms with van der Waals surface area (Å²) < 4.78 is 4.73. The normalized spacial score (nSPS) is 9.00. The quantitative estimate of drug-likeness (QED) is 0.577. The van der Waals surface area contributed by atoms with Crippen molar-refractivity contribution in [3.63, 3.8) is 0 Å². The van der Waals surface area contributed by atoms with E-state index in [1.165, 1.54) is 13.3 Å². The van der Waals surface area contributed by atoms with E-state index in [9.17, 15) is 4.79 Å². The van der Waals surface area contributed by atoms with Gasteiger partial charge < -0.3 is 4.74 Å². The number of carbonyl (C=O) groups is 1. The number of nitrogens with one attached hydrogen (secondary N) is 1. The van der Waals surface area contributed by atoms with Crippen molar-refractivity contribution in [1.82, 2.24) is 10.2 Å². The average molecular weight is 126 g/mol. The van der Waals surface area contributed by atoms with E-state index in [0.717, 1.165) is 0 Å². The van der Waals surface area contributed by atoms with Crippen LogP contribution in [0, 0.1) is 0 Å². The van der Waals surface area contributed by atoms with Crippen LogP contribution in [0.3, 0.4) is 0 Å². The molecule has 0 atom stereocenters. The zero-order valence-corrected chi connectivity index (χ0v) is 4.92.